The molecule has 3 heterocycles. The maximum atomic E-state index is 13.4. The summed E-state index contributed by atoms with van der Waals surface area (Å²) in [4.78, 5) is 26.1. The van der Waals surface area contributed by atoms with E-state index in [1.54, 1.807) is 0 Å². The SMILES string of the molecule is O=C(Cn1nc(N2CC(F)(F)C2)c2cc(C(F)(F)F)ccc2c1=O)Nc1ccnnc1. The van der Waals surface area contributed by atoms with Gasteiger partial charge in [-0.3, -0.25) is 9.59 Å². The minimum absolute atomic E-state index is 0.174. The number of carbonyl (C=O) groups is 1. The zero-order valence-corrected chi connectivity index (χ0v) is 15.5. The topological polar surface area (TPSA) is 93.0 Å². The summed E-state index contributed by atoms with van der Waals surface area (Å²) in [6, 6.07) is 3.81. The third-order valence-corrected chi connectivity index (χ3v) is 4.57. The van der Waals surface area contributed by atoms with E-state index in [9.17, 15) is 31.5 Å². The van der Waals surface area contributed by atoms with Crippen LogP contribution in [0.3, 0.4) is 0 Å². The molecule has 1 fully saturated rings. The number of hydrogen-bond donors (Lipinski definition) is 1. The van der Waals surface area contributed by atoms with E-state index in [4.69, 9.17) is 0 Å². The highest BCUT2D eigenvalue weighted by Gasteiger charge is 2.45. The molecular weight excluding hydrogens is 427 g/mol. The summed E-state index contributed by atoms with van der Waals surface area (Å²) >= 11 is 0. The number of hydrogen-bond acceptors (Lipinski definition) is 6. The number of carbonyl (C=O) groups excluding carboxylic acids is 1. The molecule has 1 saturated heterocycles. The predicted molar refractivity (Wildman–Crippen MR) is 98.8 cm³/mol. The van der Waals surface area contributed by atoms with E-state index in [1.165, 1.54) is 18.5 Å². The van der Waals surface area contributed by atoms with Crippen molar-refractivity contribution in [2.24, 2.45) is 0 Å². The van der Waals surface area contributed by atoms with Gasteiger partial charge in [0, 0.05) is 5.39 Å². The summed E-state index contributed by atoms with van der Waals surface area (Å²) in [5.74, 6) is -3.93. The average Bonchev–Trinajstić information content (AvgIpc) is 2.68. The molecule has 0 bridgehead atoms. The van der Waals surface area contributed by atoms with Crippen LogP contribution in [0.15, 0.2) is 41.5 Å². The number of halogens is 5. The van der Waals surface area contributed by atoms with Crippen LogP contribution in [0.5, 0.6) is 0 Å². The lowest BCUT2D eigenvalue weighted by molar-refractivity contribution is -0.137. The van der Waals surface area contributed by atoms with Crippen molar-refractivity contribution in [2.45, 2.75) is 18.6 Å². The Bertz CT molecular complexity index is 1200. The third kappa shape index (κ3) is 4.15. The number of aromatic nitrogens is 4. The lowest BCUT2D eigenvalue weighted by Gasteiger charge is -2.40. The van der Waals surface area contributed by atoms with Crippen molar-refractivity contribution in [2.75, 3.05) is 23.3 Å². The molecular formula is C18H13F5N6O2. The molecule has 0 spiro atoms. The van der Waals surface area contributed by atoms with Crippen LogP contribution >= 0.6 is 0 Å². The highest BCUT2D eigenvalue weighted by Crippen LogP contribution is 2.36. The molecule has 1 aliphatic rings. The van der Waals surface area contributed by atoms with E-state index in [-0.39, 0.29) is 16.6 Å². The minimum atomic E-state index is -4.70. The summed E-state index contributed by atoms with van der Waals surface area (Å²) in [5, 5.41) is 13.1. The molecule has 1 amide bonds. The van der Waals surface area contributed by atoms with Crippen molar-refractivity contribution in [1.29, 1.82) is 0 Å². The number of fused-ring (bicyclic) bond motifs is 1. The van der Waals surface area contributed by atoms with Gasteiger partial charge in [0.05, 0.1) is 42.1 Å². The van der Waals surface area contributed by atoms with E-state index >= 15 is 0 Å². The zero-order valence-electron chi connectivity index (χ0n) is 15.5. The lowest BCUT2D eigenvalue weighted by Crippen LogP contribution is -2.57. The number of amides is 1. The number of nitrogens with zero attached hydrogens (tertiary/aromatic N) is 5. The van der Waals surface area contributed by atoms with Gasteiger partial charge >= 0.3 is 6.18 Å². The van der Waals surface area contributed by atoms with Crippen molar-refractivity contribution in [1.82, 2.24) is 20.0 Å². The molecule has 0 aliphatic carbocycles. The minimum Gasteiger partial charge on any atom is -0.342 e. The molecule has 13 heteroatoms. The largest absolute Gasteiger partial charge is 0.416 e. The molecule has 1 aromatic carbocycles. The molecule has 3 aromatic rings. The smallest absolute Gasteiger partial charge is 0.342 e. The van der Waals surface area contributed by atoms with E-state index < -0.39 is 48.8 Å². The van der Waals surface area contributed by atoms with Crippen LogP contribution in [-0.2, 0) is 17.5 Å². The summed E-state index contributed by atoms with van der Waals surface area (Å²) in [6.07, 6.45) is -2.10. The molecule has 0 atom stereocenters. The first kappa shape index (κ1) is 20.6. The first-order chi connectivity index (χ1) is 14.5. The number of benzene rings is 1. The summed E-state index contributed by atoms with van der Waals surface area (Å²) in [7, 11) is 0. The second kappa shape index (κ2) is 7.25. The third-order valence-electron chi connectivity index (χ3n) is 4.57. The van der Waals surface area contributed by atoms with Gasteiger partial charge in [-0.1, -0.05) is 0 Å². The fraction of sp³-hybridized carbons (Fsp3) is 0.278. The monoisotopic (exact) mass is 440 g/mol. The molecule has 162 valence electrons. The second-order valence-electron chi connectivity index (χ2n) is 6.94. The normalized spacial score (nSPS) is 15.6. The van der Waals surface area contributed by atoms with Gasteiger partial charge in [0.1, 0.15) is 6.54 Å². The van der Waals surface area contributed by atoms with Crippen LogP contribution in [0.1, 0.15) is 5.56 Å². The Morgan fingerprint density at radius 3 is 2.48 bits per heavy atom. The van der Waals surface area contributed by atoms with Crippen molar-refractivity contribution in [3.63, 3.8) is 0 Å². The number of anilines is 2. The van der Waals surface area contributed by atoms with E-state index in [1.807, 2.05) is 0 Å². The van der Waals surface area contributed by atoms with Gasteiger partial charge in [-0.05, 0) is 24.3 Å². The molecule has 1 N–H and O–H groups in total. The van der Waals surface area contributed by atoms with E-state index in [2.05, 4.69) is 20.6 Å². The first-order valence-electron chi connectivity index (χ1n) is 8.85. The number of alkyl halides is 5. The van der Waals surface area contributed by atoms with Crippen molar-refractivity contribution >= 4 is 28.2 Å². The predicted octanol–water partition coefficient (Wildman–Crippen LogP) is 2.30. The van der Waals surface area contributed by atoms with E-state index in [0.29, 0.717) is 17.8 Å². The van der Waals surface area contributed by atoms with Crippen molar-refractivity contribution < 1.29 is 26.7 Å². The fourth-order valence-electron chi connectivity index (χ4n) is 3.15. The van der Waals surface area contributed by atoms with Crippen LogP contribution in [0.25, 0.3) is 10.8 Å². The van der Waals surface area contributed by atoms with Crippen LogP contribution in [0.2, 0.25) is 0 Å². The quantitative estimate of drug-likeness (QED) is 0.626. The fourth-order valence-corrected chi connectivity index (χ4v) is 3.15. The molecule has 1 aliphatic heterocycles. The van der Waals surface area contributed by atoms with E-state index in [0.717, 1.165) is 15.6 Å². The molecule has 0 unspecified atom stereocenters. The zero-order chi connectivity index (χ0) is 22.4. The number of nitrogens with one attached hydrogen (secondary N) is 1. The Morgan fingerprint density at radius 2 is 1.87 bits per heavy atom. The Balaban J connectivity index is 1.75. The lowest BCUT2D eigenvalue weighted by atomic mass is 10.1. The second-order valence-corrected chi connectivity index (χ2v) is 6.94. The van der Waals surface area contributed by atoms with Gasteiger partial charge in [-0.25, -0.2) is 13.5 Å². The van der Waals surface area contributed by atoms with Gasteiger partial charge in [-0.15, -0.1) is 0 Å². The molecule has 8 nitrogen and oxygen atoms in total. The molecule has 2 aromatic heterocycles. The van der Waals surface area contributed by atoms with Gasteiger partial charge in [0.2, 0.25) is 5.91 Å². The van der Waals surface area contributed by atoms with Crippen LogP contribution in [-0.4, -0.2) is 44.9 Å². The van der Waals surface area contributed by atoms with Gasteiger partial charge < -0.3 is 10.2 Å². The Kier molecular flexibility index (Phi) is 4.82. The molecule has 0 saturated carbocycles. The Hall–Kier alpha value is -3.64. The average molecular weight is 440 g/mol. The summed E-state index contributed by atoms with van der Waals surface area (Å²) in [6.45, 7) is -2.12. The maximum Gasteiger partial charge on any atom is 0.416 e. The first-order valence-corrected chi connectivity index (χ1v) is 8.85. The summed E-state index contributed by atoms with van der Waals surface area (Å²) in [5.41, 5.74) is -1.58. The van der Waals surface area contributed by atoms with Gasteiger partial charge in [0.25, 0.3) is 11.5 Å². The Morgan fingerprint density at radius 1 is 1.13 bits per heavy atom. The standard InChI is InChI=1S/C18H13F5N6O2/c19-17(20)8-28(9-17)15-13-5-10(18(21,22)23)1-2-12(13)16(31)29(27-15)7-14(30)26-11-3-4-24-25-6-11/h1-6H,7-9H2,(H,24,26,30). The van der Waals surface area contributed by atoms with Crippen molar-refractivity contribution in [3.8, 4) is 0 Å². The molecule has 0 radical (unpaired) electrons. The van der Waals surface area contributed by atoms with Gasteiger partial charge in [-0.2, -0.15) is 28.5 Å². The molecule has 31 heavy (non-hydrogen) atoms. The van der Waals surface area contributed by atoms with Crippen molar-refractivity contribution in [3.05, 3.63) is 52.6 Å². The van der Waals surface area contributed by atoms with Crippen LogP contribution < -0.4 is 15.8 Å². The number of rotatable bonds is 4. The van der Waals surface area contributed by atoms with Crippen LogP contribution in [0.4, 0.5) is 33.5 Å². The highest BCUT2D eigenvalue weighted by atomic mass is 19.4. The summed E-state index contributed by atoms with van der Waals surface area (Å²) < 4.78 is 66.9. The van der Waals surface area contributed by atoms with Crippen LogP contribution in [0, 0.1) is 0 Å². The maximum absolute atomic E-state index is 13.4. The highest BCUT2D eigenvalue weighted by molar-refractivity contribution is 5.93. The Labute approximate surface area is 170 Å². The van der Waals surface area contributed by atoms with Gasteiger partial charge in [0.15, 0.2) is 5.82 Å². The molecule has 4 rings (SSSR count).